The van der Waals surface area contributed by atoms with Gasteiger partial charge in [0.2, 0.25) is 0 Å². The molecule has 5 nitrogen and oxygen atoms in total. The van der Waals surface area contributed by atoms with Gasteiger partial charge in [0, 0.05) is 11.4 Å². The van der Waals surface area contributed by atoms with Crippen LogP contribution in [0.2, 0.25) is 0 Å². The molecule has 3 rings (SSSR count). The number of urea groups is 1. The lowest BCUT2D eigenvalue weighted by Gasteiger charge is -2.07. The number of nitrogens with zero attached hydrogens (tertiary/aromatic N) is 1. The summed E-state index contributed by atoms with van der Waals surface area (Å²) in [5.41, 5.74) is 2.70. The van der Waals surface area contributed by atoms with Crippen LogP contribution in [0.1, 0.15) is 5.82 Å². The van der Waals surface area contributed by atoms with Crippen molar-refractivity contribution in [2.75, 3.05) is 10.6 Å². The first-order chi connectivity index (χ1) is 10.1. The van der Waals surface area contributed by atoms with E-state index in [4.69, 9.17) is 0 Å². The Morgan fingerprint density at radius 2 is 1.90 bits per heavy atom. The molecule has 0 spiro atoms. The second-order valence-electron chi connectivity index (χ2n) is 4.64. The molecule has 1 heterocycles. The van der Waals surface area contributed by atoms with Crippen LogP contribution in [0.4, 0.5) is 20.6 Å². The zero-order chi connectivity index (χ0) is 14.8. The standard InChI is InChI=1S/C15H13FN4O/c1-9-17-13-6-5-12(8-14(13)18-9)20-15(21)19-11-4-2-3-10(16)7-11/h2-8H,1H3,(H,17,18)(H2,19,20,21). The van der Waals surface area contributed by atoms with Crippen LogP contribution in [0.5, 0.6) is 0 Å². The number of carbonyl (C=O) groups excluding carboxylic acids is 1. The fourth-order valence-electron chi connectivity index (χ4n) is 2.07. The minimum atomic E-state index is -0.434. The highest BCUT2D eigenvalue weighted by atomic mass is 19.1. The molecule has 1 aromatic heterocycles. The molecule has 0 radical (unpaired) electrons. The topological polar surface area (TPSA) is 69.8 Å². The van der Waals surface area contributed by atoms with E-state index in [9.17, 15) is 9.18 Å². The number of hydrogen-bond acceptors (Lipinski definition) is 2. The smallest absolute Gasteiger partial charge is 0.323 e. The number of fused-ring (bicyclic) bond motifs is 1. The average molecular weight is 284 g/mol. The molecule has 2 aromatic carbocycles. The Morgan fingerprint density at radius 1 is 1.14 bits per heavy atom. The third kappa shape index (κ3) is 3.00. The molecule has 3 N–H and O–H groups in total. The van der Waals surface area contributed by atoms with Gasteiger partial charge in [-0.25, -0.2) is 14.2 Å². The summed E-state index contributed by atoms with van der Waals surface area (Å²) >= 11 is 0. The van der Waals surface area contributed by atoms with Crippen molar-refractivity contribution < 1.29 is 9.18 Å². The van der Waals surface area contributed by atoms with Crippen molar-refractivity contribution in [1.29, 1.82) is 0 Å². The molecule has 2 amide bonds. The SMILES string of the molecule is Cc1nc2ccc(NC(=O)Nc3cccc(F)c3)cc2[nH]1. The van der Waals surface area contributed by atoms with Gasteiger partial charge in [-0.05, 0) is 43.3 Å². The van der Waals surface area contributed by atoms with Crippen LogP contribution in [-0.2, 0) is 0 Å². The highest BCUT2D eigenvalue weighted by Crippen LogP contribution is 2.17. The Morgan fingerprint density at radius 3 is 2.67 bits per heavy atom. The Bertz CT molecular complexity index is 812. The van der Waals surface area contributed by atoms with Gasteiger partial charge in [-0.3, -0.25) is 0 Å². The second kappa shape index (κ2) is 5.24. The fraction of sp³-hybridized carbons (Fsp3) is 0.0667. The lowest BCUT2D eigenvalue weighted by atomic mass is 10.3. The first kappa shape index (κ1) is 13.1. The van der Waals surface area contributed by atoms with Crippen LogP contribution < -0.4 is 10.6 Å². The molecule has 0 aliphatic heterocycles. The Labute approximate surface area is 120 Å². The quantitative estimate of drug-likeness (QED) is 0.672. The van der Waals surface area contributed by atoms with Gasteiger partial charge in [0.25, 0.3) is 0 Å². The molecule has 0 aliphatic carbocycles. The number of hydrogen-bond donors (Lipinski definition) is 3. The number of benzene rings is 2. The number of aryl methyl sites for hydroxylation is 1. The van der Waals surface area contributed by atoms with Crippen LogP contribution in [0, 0.1) is 12.7 Å². The monoisotopic (exact) mass is 284 g/mol. The van der Waals surface area contributed by atoms with E-state index in [0.717, 1.165) is 16.9 Å². The molecule has 0 aliphatic rings. The maximum Gasteiger partial charge on any atom is 0.323 e. The van der Waals surface area contributed by atoms with Crippen LogP contribution in [0.15, 0.2) is 42.5 Å². The fourth-order valence-corrected chi connectivity index (χ4v) is 2.07. The molecule has 6 heteroatoms. The molecule has 0 saturated carbocycles. The summed E-state index contributed by atoms with van der Waals surface area (Å²) in [6.07, 6.45) is 0. The molecular formula is C15H13FN4O. The van der Waals surface area contributed by atoms with Crippen molar-refractivity contribution in [3.63, 3.8) is 0 Å². The maximum absolute atomic E-state index is 13.0. The predicted molar refractivity (Wildman–Crippen MR) is 79.9 cm³/mol. The van der Waals surface area contributed by atoms with Crippen LogP contribution in [-0.4, -0.2) is 16.0 Å². The van der Waals surface area contributed by atoms with E-state index in [0.29, 0.717) is 11.4 Å². The van der Waals surface area contributed by atoms with Crippen LogP contribution >= 0.6 is 0 Å². The van der Waals surface area contributed by atoms with Gasteiger partial charge in [-0.2, -0.15) is 0 Å². The number of anilines is 2. The van der Waals surface area contributed by atoms with Gasteiger partial charge in [0.1, 0.15) is 11.6 Å². The van der Waals surface area contributed by atoms with Crippen molar-refractivity contribution in [2.24, 2.45) is 0 Å². The summed E-state index contributed by atoms with van der Waals surface area (Å²) in [6.45, 7) is 1.86. The number of imidazole rings is 1. The summed E-state index contributed by atoms with van der Waals surface area (Å²) in [4.78, 5) is 19.2. The van der Waals surface area contributed by atoms with Crippen molar-refractivity contribution in [3.05, 3.63) is 54.1 Å². The van der Waals surface area contributed by atoms with Crippen LogP contribution in [0.3, 0.4) is 0 Å². The highest BCUT2D eigenvalue weighted by molar-refractivity contribution is 6.00. The van der Waals surface area contributed by atoms with E-state index in [1.54, 1.807) is 18.2 Å². The first-order valence-electron chi connectivity index (χ1n) is 6.40. The van der Waals surface area contributed by atoms with Crippen molar-refractivity contribution in [3.8, 4) is 0 Å². The van der Waals surface area contributed by atoms with Crippen molar-refractivity contribution >= 4 is 28.4 Å². The third-order valence-electron chi connectivity index (χ3n) is 2.94. The lowest BCUT2D eigenvalue weighted by Crippen LogP contribution is -2.19. The Kier molecular flexibility index (Phi) is 3.27. The minimum absolute atomic E-state index is 0.394. The molecule has 3 aromatic rings. The zero-order valence-corrected chi connectivity index (χ0v) is 11.3. The molecule has 0 bridgehead atoms. The summed E-state index contributed by atoms with van der Waals surface area (Å²) in [7, 11) is 0. The van der Waals surface area contributed by atoms with Gasteiger partial charge in [-0.15, -0.1) is 0 Å². The lowest BCUT2D eigenvalue weighted by molar-refractivity contribution is 0.262. The number of halogens is 1. The van der Waals surface area contributed by atoms with E-state index < -0.39 is 11.8 Å². The molecule has 0 saturated heterocycles. The predicted octanol–water partition coefficient (Wildman–Crippen LogP) is 3.65. The number of carbonyl (C=O) groups is 1. The number of aromatic nitrogens is 2. The molecule has 0 unspecified atom stereocenters. The first-order valence-corrected chi connectivity index (χ1v) is 6.40. The van der Waals surface area contributed by atoms with Gasteiger partial charge in [0.15, 0.2) is 0 Å². The van der Waals surface area contributed by atoms with Crippen molar-refractivity contribution in [2.45, 2.75) is 6.92 Å². The number of nitrogens with one attached hydrogen (secondary N) is 3. The third-order valence-corrected chi connectivity index (χ3v) is 2.94. The molecule has 106 valence electrons. The van der Waals surface area contributed by atoms with Gasteiger partial charge in [0.05, 0.1) is 11.0 Å². The zero-order valence-electron chi connectivity index (χ0n) is 11.3. The second-order valence-corrected chi connectivity index (χ2v) is 4.64. The number of H-pyrrole nitrogens is 1. The molecule has 21 heavy (non-hydrogen) atoms. The molecule has 0 fully saturated rings. The summed E-state index contributed by atoms with van der Waals surface area (Å²) in [5.74, 6) is 0.411. The van der Waals surface area contributed by atoms with Crippen LogP contribution in [0.25, 0.3) is 11.0 Å². The summed E-state index contributed by atoms with van der Waals surface area (Å²) in [5, 5.41) is 5.26. The van der Waals surface area contributed by atoms with Gasteiger partial charge < -0.3 is 15.6 Å². The summed E-state index contributed by atoms with van der Waals surface area (Å²) in [6, 6.07) is 10.6. The number of amides is 2. The minimum Gasteiger partial charge on any atom is -0.342 e. The van der Waals surface area contributed by atoms with Gasteiger partial charge >= 0.3 is 6.03 Å². The van der Waals surface area contributed by atoms with E-state index in [2.05, 4.69) is 20.6 Å². The number of rotatable bonds is 2. The average Bonchev–Trinajstić information content (AvgIpc) is 2.78. The Hall–Kier alpha value is -2.89. The number of aromatic amines is 1. The van der Waals surface area contributed by atoms with Gasteiger partial charge in [-0.1, -0.05) is 6.07 Å². The van der Waals surface area contributed by atoms with E-state index in [1.165, 1.54) is 18.2 Å². The van der Waals surface area contributed by atoms with E-state index in [-0.39, 0.29) is 0 Å². The highest BCUT2D eigenvalue weighted by Gasteiger charge is 2.05. The van der Waals surface area contributed by atoms with Crippen molar-refractivity contribution in [1.82, 2.24) is 9.97 Å². The molecular weight excluding hydrogens is 271 g/mol. The Balaban J connectivity index is 1.73. The summed E-state index contributed by atoms with van der Waals surface area (Å²) < 4.78 is 13.0. The van der Waals surface area contributed by atoms with E-state index >= 15 is 0 Å². The maximum atomic E-state index is 13.0. The normalized spacial score (nSPS) is 10.6. The molecule has 0 atom stereocenters. The van der Waals surface area contributed by atoms with E-state index in [1.807, 2.05) is 13.0 Å². The largest absolute Gasteiger partial charge is 0.342 e.